The Bertz CT molecular complexity index is 929. The number of aryl methyl sites for hydroxylation is 1. The summed E-state index contributed by atoms with van der Waals surface area (Å²) in [5.74, 6) is -5.51. The number of rotatable bonds is 3. The third-order valence-corrected chi connectivity index (χ3v) is 6.35. The van der Waals surface area contributed by atoms with Gasteiger partial charge in [-0.3, -0.25) is 4.90 Å². The van der Waals surface area contributed by atoms with Crippen molar-refractivity contribution in [3.63, 3.8) is 0 Å². The quantitative estimate of drug-likeness (QED) is 0.570. The number of aliphatic carboxylic acids is 2. The Hall–Kier alpha value is -2.53. The highest BCUT2D eigenvalue weighted by atomic mass is 32.1. The monoisotopic (exact) mass is 535 g/mol. The molecule has 0 amide bonds. The van der Waals surface area contributed by atoms with Crippen molar-refractivity contribution in [2.24, 2.45) is 0 Å². The highest BCUT2D eigenvalue weighted by molar-refractivity contribution is 7.13. The molecule has 0 radical (unpaired) electrons. The van der Waals surface area contributed by atoms with Gasteiger partial charge in [0, 0.05) is 37.1 Å². The van der Waals surface area contributed by atoms with Gasteiger partial charge in [0.25, 0.3) is 0 Å². The molecular formula is C17H19F6N5O4S2. The number of carboxylic acids is 2. The molecule has 0 aromatic carbocycles. The van der Waals surface area contributed by atoms with Crippen LogP contribution < -0.4 is 4.90 Å². The molecule has 2 aromatic heterocycles. The lowest BCUT2D eigenvalue weighted by molar-refractivity contribution is -0.193. The lowest BCUT2D eigenvalue weighted by Crippen LogP contribution is -2.36. The summed E-state index contributed by atoms with van der Waals surface area (Å²) in [6, 6.07) is 1.27. The number of aromatic nitrogens is 3. The van der Waals surface area contributed by atoms with Crippen molar-refractivity contribution in [2.75, 3.05) is 18.0 Å². The van der Waals surface area contributed by atoms with E-state index in [0.29, 0.717) is 12.1 Å². The van der Waals surface area contributed by atoms with Crippen LogP contribution in [0.25, 0.3) is 0 Å². The lowest BCUT2D eigenvalue weighted by atomic mass is 10.1. The molecule has 0 unspecified atom stereocenters. The summed E-state index contributed by atoms with van der Waals surface area (Å²) in [4.78, 5) is 27.4. The molecule has 2 N–H and O–H groups in total. The number of nitrogens with zero attached hydrogens (tertiary/aromatic N) is 5. The molecule has 4 heterocycles. The molecule has 34 heavy (non-hydrogen) atoms. The number of anilines is 1. The van der Waals surface area contributed by atoms with Gasteiger partial charge in [-0.15, -0.1) is 21.5 Å². The summed E-state index contributed by atoms with van der Waals surface area (Å²) in [6.07, 6.45) is -7.71. The van der Waals surface area contributed by atoms with Crippen molar-refractivity contribution in [2.45, 2.75) is 50.7 Å². The van der Waals surface area contributed by atoms with E-state index in [2.05, 4.69) is 37.3 Å². The first kappa shape index (κ1) is 27.7. The molecule has 2 atom stereocenters. The number of hydrogen-bond acceptors (Lipinski definition) is 9. The predicted molar refractivity (Wildman–Crippen MR) is 109 cm³/mol. The molecule has 190 valence electrons. The predicted octanol–water partition coefficient (Wildman–Crippen LogP) is 3.42. The number of fused-ring (bicyclic) bond motifs is 1. The number of likely N-dealkylation sites (tertiary alicyclic amines) is 1. The second kappa shape index (κ2) is 11.3. The van der Waals surface area contributed by atoms with Crippen LogP contribution >= 0.6 is 22.7 Å². The maximum absolute atomic E-state index is 10.6. The first-order valence-electron chi connectivity index (χ1n) is 9.48. The van der Waals surface area contributed by atoms with Gasteiger partial charge in [-0.1, -0.05) is 11.3 Å². The zero-order valence-electron chi connectivity index (χ0n) is 17.4. The van der Waals surface area contributed by atoms with Crippen molar-refractivity contribution < 1.29 is 46.1 Å². The molecule has 0 aliphatic carbocycles. The van der Waals surface area contributed by atoms with Crippen molar-refractivity contribution in [3.8, 4) is 0 Å². The number of halogens is 6. The number of carboxylic acid groups (broad SMARTS) is 2. The number of thiazole rings is 1. The maximum atomic E-state index is 10.6. The van der Waals surface area contributed by atoms with E-state index < -0.39 is 24.3 Å². The normalized spacial score (nSPS) is 20.1. The van der Waals surface area contributed by atoms with Gasteiger partial charge in [0.15, 0.2) is 0 Å². The van der Waals surface area contributed by atoms with Gasteiger partial charge >= 0.3 is 24.3 Å². The van der Waals surface area contributed by atoms with E-state index in [1.807, 2.05) is 5.51 Å². The van der Waals surface area contributed by atoms with E-state index in [1.54, 1.807) is 22.7 Å². The topological polar surface area (TPSA) is 120 Å². The molecule has 2 aliphatic heterocycles. The van der Waals surface area contributed by atoms with Crippen molar-refractivity contribution in [1.29, 1.82) is 0 Å². The van der Waals surface area contributed by atoms with Gasteiger partial charge in [0.1, 0.15) is 5.51 Å². The van der Waals surface area contributed by atoms with E-state index in [4.69, 9.17) is 19.8 Å². The summed E-state index contributed by atoms with van der Waals surface area (Å²) in [7, 11) is 0. The van der Waals surface area contributed by atoms with Crippen LogP contribution in [0.1, 0.15) is 23.5 Å². The molecule has 2 aromatic rings. The highest BCUT2D eigenvalue weighted by Crippen LogP contribution is 2.36. The van der Waals surface area contributed by atoms with Crippen LogP contribution in [-0.2, 0) is 16.1 Å². The van der Waals surface area contributed by atoms with Gasteiger partial charge in [-0.05, 0) is 19.8 Å². The summed E-state index contributed by atoms with van der Waals surface area (Å²) in [6.45, 7) is 5.35. The smallest absolute Gasteiger partial charge is 0.475 e. The van der Waals surface area contributed by atoms with Crippen LogP contribution in [0, 0.1) is 6.92 Å². The standard InChI is InChI=1S/C13H17N5S2.2C2HF3O2/c1-9-15-10(7-19-9)6-17-4-2-12-11(17)3-5-18(12)13-16-14-8-20-13;2*3-2(4,5)1(6)7/h7-8,11-12H,2-6H2,1H3;2*(H,6,7)/t11-,12+;;/m1../s1. The van der Waals surface area contributed by atoms with Crippen molar-refractivity contribution >= 4 is 39.7 Å². The fourth-order valence-corrected chi connectivity index (χ4v) is 4.74. The van der Waals surface area contributed by atoms with Gasteiger partial charge < -0.3 is 15.1 Å². The Labute approximate surface area is 196 Å². The first-order chi connectivity index (χ1) is 15.7. The van der Waals surface area contributed by atoms with E-state index in [0.717, 1.165) is 23.2 Å². The SMILES string of the molecule is Cc1nc(CN2CC[C@H]3[C@H]2CCN3c2nncs2)cs1.O=C(O)C(F)(F)F.O=C(O)C(F)(F)F. The van der Waals surface area contributed by atoms with Crippen LogP contribution in [0.2, 0.25) is 0 Å². The second-order valence-corrected chi connectivity index (χ2v) is 8.93. The minimum Gasteiger partial charge on any atom is -0.475 e. The van der Waals surface area contributed by atoms with E-state index >= 15 is 0 Å². The summed E-state index contributed by atoms with van der Waals surface area (Å²) < 4.78 is 63.5. The molecule has 2 fully saturated rings. The Kier molecular flexibility index (Phi) is 9.18. The number of carbonyl (C=O) groups is 2. The van der Waals surface area contributed by atoms with Gasteiger partial charge in [-0.25, -0.2) is 14.6 Å². The fraction of sp³-hybridized carbons (Fsp3) is 0.588. The van der Waals surface area contributed by atoms with E-state index in [-0.39, 0.29) is 0 Å². The number of hydrogen-bond donors (Lipinski definition) is 2. The van der Waals surface area contributed by atoms with Gasteiger partial charge in [0.2, 0.25) is 5.13 Å². The summed E-state index contributed by atoms with van der Waals surface area (Å²) in [5.41, 5.74) is 3.05. The summed E-state index contributed by atoms with van der Waals surface area (Å²) in [5, 5.41) is 26.9. The molecule has 0 saturated carbocycles. The zero-order valence-corrected chi connectivity index (χ0v) is 19.0. The Balaban J connectivity index is 0.000000244. The highest BCUT2D eigenvalue weighted by Gasteiger charge is 2.43. The summed E-state index contributed by atoms with van der Waals surface area (Å²) >= 11 is 3.40. The fourth-order valence-electron chi connectivity index (χ4n) is 3.49. The largest absolute Gasteiger partial charge is 0.490 e. The van der Waals surface area contributed by atoms with Crippen molar-refractivity contribution in [1.82, 2.24) is 20.1 Å². The van der Waals surface area contributed by atoms with Crippen LogP contribution in [0.15, 0.2) is 10.9 Å². The van der Waals surface area contributed by atoms with E-state index in [1.165, 1.54) is 25.1 Å². The first-order valence-corrected chi connectivity index (χ1v) is 11.2. The third-order valence-electron chi connectivity index (χ3n) is 4.80. The Morgan fingerprint density at radius 1 is 1.03 bits per heavy atom. The molecule has 2 saturated heterocycles. The van der Waals surface area contributed by atoms with Crippen LogP contribution in [-0.4, -0.2) is 79.8 Å². The molecule has 4 rings (SSSR count). The molecule has 9 nitrogen and oxygen atoms in total. The molecule has 2 aliphatic rings. The minimum absolute atomic E-state index is 0.614. The number of alkyl halides is 6. The third kappa shape index (κ3) is 7.76. The second-order valence-electron chi connectivity index (χ2n) is 7.06. The van der Waals surface area contributed by atoms with Crippen LogP contribution in [0.3, 0.4) is 0 Å². The molecule has 17 heteroatoms. The maximum Gasteiger partial charge on any atom is 0.490 e. The van der Waals surface area contributed by atoms with Gasteiger partial charge in [-0.2, -0.15) is 26.3 Å². The molecule has 0 bridgehead atoms. The van der Waals surface area contributed by atoms with E-state index in [9.17, 15) is 26.3 Å². The van der Waals surface area contributed by atoms with Crippen LogP contribution in [0.5, 0.6) is 0 Å². The zero-order chi connectivity index (χ0) is 25.7. The molecular weight excluding hydrogens is 516 g/mol. The average Bonchev–Trinajstić information content (AvgIpc) is 3.48. The van der Waals surface area contributed by atoms with Crippen LogP contribution in [0.4, 0.5) is 31.5 Å². The molecule has 0 spiro atoms. The van der Waals surface area contributed by atoms with Crippen molar-refractivity contribution in [3.05, 3.63) is 21.6 Å². The van der Waals surface area contributed by atoms with Gasteiger partial charge in [0.05, 0.1) is 10.7 Å². The average molecular weight is 535 g/mol. The minimum atomic E-state index is -5.08. The lowest BCUT2D eigenvalue weighted by Gasteiger charge is -2.24. The Morgan fingerprint density at radius 2 is 1.59 bits per heavy atom. The Morgan fingerprint density at radius 3 is 2.03 bits per heavy atom.